The summed E-state index contributed by atoms with van der Waals surface area (Å²) < 4.78 is 0. The van der Waals surface area contributed by atoms with E-state index in [0.29, 0.717) is 0 Å². The maximum Gasteiger partial charge on any atom is 0.0400 e. The second-order valence-corrected chi connectivity index (χ2v) is 8.43. The lowest BCUT2D eigenvalue weighted by Gasteiger charge is -2.35. The van der Waals surface area contributed by atoms with Crippen molar-refractivity contribution >= 4 is 5.69 Å². The Hall–Kier alpha value is -1.84. The van der Waals surface area contributed by atoms with Gasteiger partial charge in [-0.2, -0.15) is 0 Å². The van der Waals surface area contributed by atoms with Crippen LogP contribution in [0.1, 0.15) is 69.1 Å². The van der Waals surface area contributed by atoms with Crippen molar-refractivity contribution < 1.29 is 0 Å². The lowest BCUT2D eigenvalue weighted by Crippen LogP contribution is -2.38. The number of nitrogens with one attached hydrogen (secondary N) is 2. The summed E-state index contributed by atoms with van der Waals surface area (Å²) in [4.78, 5) is 2.68. The number of nitrogens with zero attached hydrogens (tertiary/aromatic N) is 1. The van der Waals surface area contributed by atoms with E-state index in [0.717, 1.165) is 32.2 Å². The first-order chi connectivity index (χ1) is 14.3. The van der Waals surface area contributed by atoms with Crippen LogP contribution in [0, 0.1) is 0 Å². The lowest BCUT2D eigenvalue weighted by molar-refractivity contribution is 0.136. The van der Waals surface area contributed by atoms with Gasteiger partial charge in [0.25, 0.3) is 0 Å². The van der Waals surface area contributed by atoms with Gasteiger partial charge >= 0.3 is 0 Å². The molecule has 29 heavy (non-hydrogen) atoms. The van der Waals surface area contributed by atoms with Crippen LogP contribution in [0.25, 0.3) is 0 Å². The molecule has 0 aromatic heterocycles. The SMILES string of the molecule is CCCCNCc1ccc(NCc2ccc(CN3CCCCC3CC)cc2)cc1. The third-order valence-corrected chi connectivity index (χ3v) is 6.12. The summed E-state index contributed by atoms with van der Waals surface area (Å²) in [5.74, 6) is 0. The average Bonchev–Trinajstić information content (AvgIpc) is 2.77. The zero-order valence-corrected chi connectivity index (χ0v) is 18.4. The number of likely N-dealkylation sites (tertiary alicyclic amines) is 1. The highest BCUT2D eigenvalue weighted by Gasteiger charge is 2.20. The maximum absolute atomic E-state index is 3.55. The van der Waals surface area contributed by atoms with Gasteiger partial charge in [-0.05, 0) is 67.6 Å². The molecule has 2 aromatic rings. The van der Waals surface area contributed by atoms with Crippen LogP contribution in [-0.4, -0.2) is 24.0 Å². The summed E-state index contributed by atoms with van der Waals surface area (Å²) in [6.07, 6.45) is 7.88. The molecule has 0 spiro atoms. The van der Waals surface area contributed by atoms with Crippen LogP contribution >= 0.6 is 0 Å². The van der Waals surface area contributed by atoms with Gasteiger partial charge in [0.1, 0.15) is 0 Å². The fraction of sp³-hybridized carbons (Fsp3) is 0.538. The smallest absolute Gasteiger partial charge is 0.0400 e. The van der Waals surface area contributed by atoms with Gasteiger partial charge in [-0.25, -0.2) is 0 Å². The second-order valence-electron chi connectivity index (χ2n) is 8.43. The minimum atomic E-state index is 0.773. The number of rotatable bonds is 11. The van der Waals surface area contributed by atoms with Gasteiger partial charge in [0, 0.05) is 31.4 Å². The number of unbranched alkanes of at least 4 members (excludes halogenated alkanes) is 1. The Labute approximate surface area is 177 Å². The first-order valence-corrected chi connectivity index (χ1v) is 11.6. The second kappa shape index (κ2) is 12.0. The zero-order chi connectivity index (χ0) is 20.3. The Balaban J connectivity index is 1.44. The van der Waals surface area contributed by atoms with Crippen molar-refractivity contribution in [3.8, 4) is 0 Å². The molecule has 0 amide bonds. The third kappa shape index (κ3) is 7.17. The van der Waals surface area contributed by atoms with Gasteiger partial charge in [-0.15, -0.1) is 0 Å². The predicted molar refractivity (Wildman–Crippen MR) is 125 cm³/mol. The quantitative estimate of drug-likeness (QED) is 0.462. The molecule has 1 aliphatic rings. The van der Waals surface area contributed by atoms with Crippen molar-refractivity contribution in [2.24, 2.45) is 0 Å². The molecule has 3 rings (SSSR count). The fourth-order valence-electron chi connectivity index (χ4n) is 4.21. The van der Waals surface area contributed by atoms with E-state index in [4.69, 9.17) is 0 Å². The highest BCUT2D eigenvalue weighted by molar-refractivity contribution is 5.45. The van der Waals surface area contributed by atoms with E-state index in [1.807, 2.05) is 0 Å². The Morgan fingerprint density at radius 3 is 2.28 bits per heavy atom. The van der Waals surface area contributed by atoms with Crippen LogP contribution in [0.3, 0.4) is 0 Å². The molecule has 0 aliphatic carbocycles. The van der Waals surface area contributed by atoms with Crippen LogP contribution in [0.5, 0.6) is 0 Å². The highest BCUT2D eigenvalue weighted by atomic mass is 15.2. The van der Waals surface area contributed by atoms with E-state index in [2.05, 4.69) is 77.9 Å². The summed E-state index contributed by atoms with van der Waals surface area (Å²) >= 11 is 0. The van der Waals surface area contributed by atoms with Crippen molar-refractivity contribution in [3.05, 3.63) is 65.2 Å². The van der Waals surface area contributed by atoms with Crippen LogP contribution in [-0.2, 0) is 19.6 Å². The van der Waals surface area contributed by atoms with Gasteiger partial charge in [-0.1, -0.05) is 63.1 Å². The lowest BCUT2D eigenvalue weighted by atomic mass is 9.99. The first kappa shape index (κ1) is 21.9. The molecular formula is C26H39N3. The van der Waals surface area contributed by atoms with Gasteiger partial charge in [0.15, 0.2) is 0 Å². The molecule has 1 atom stereocenters. The maximum atomic E-state index is 3.55. The van der Waals surface area contributed by atoms with E-state index in [-0.39, 0.29) is 0 Å². The number of piperidine rings is 1. The minimum Gasteiger partial charge on any atom is -0.381 e. The van der Waals surface area contributed by atoms with Crippen LogP contribution in [0.2, 0.25) is 0 Å². The molecule has 0 bridgehead atoms. The summed E-state index contributed by atoms with van der Waals surface area (Å²) in [5, 5.41) is 7.05. The minimum absolute atomic E-state index is 0.773. The number of hydrogen-bond donors (Lipinski definition) is 2. The predicted octanol–water partition coefficient (Wildman–Crippen LogP) is 5.95. The normalized spacial score (nSPS) is 17.4. The van der Waals surface area contributed by atoms with Gasteiger partial charge in [0.05, 0.1) is 0 Å². The van der Waals surface area contributed by atoms with Crippen molar-refractivity contribution in [3.63, 3.8) is 0 Å². The van der Waals surface area contributed by atoms with Crippen LogP contribution < -0.4 is 10.6 Å². The monoisotopic (exact) mass is 393 g/mol. The van der Waals surface area contributed by atoms with Gasteiger partial charge < -0.3 is 10.6 Å². The largest absolute Gasteiger partial charge is 0.381 e. The van der Waals surface area contributed by atoms with E-state index in [9.17, 15) is 0 Å². The Kier molecular flexibility index (Phi) is 9.04. The van der Waals surface area contributed by atoms with Crippen molar-refractivity contribution in [2.75, 3.05) is 18.4 Å². The number of benzene rings is 2. The van der Waals surface area contributed by atoms with Gasteiger partial charge in [-0.3, -0.25) is 4.90 Å². The molecule has 1 heterocycles. The molecule has 0 radical (unpaired) electrons. The van der Waals surface area contributed by atoms with Crippen molar-refractivity contribution in [1.82, 2.24) is 10.2 Å². The Morgan fingerprint density at radius 2 is 1.55 bits per heavy atom. The molecule has 3 nitrogen and oxygen atoms in total. The van der Waals surface area contributed by atoms with Gasteiger partial charge in [0.2, 0.25) is 0 Å². The highest BCUT2D eigenvalue weighted by Crippen LogP contribution is 2.22. The topological polar surface area (TPSA) is 27.3 Å². The number of anilines is 1. The fourth-order valence-corrected chi connectivity index (χ4v) is 4.21. The van der Waals surface area contributed by atoms with E-state index >= 15 is 0 Å². The summed E-state index contributed by atoms with van der Waals surface area (Å²) in [7, 11) is 0. The molecular weight excluding hydrogens is 354 g/mol. The molecule has 1 saturated heterocycles. The molecule has 1 fully saturated rings. The summed E-state index contributed by atoms with van der Waals surface area (Å²) in [6, 6.07) is 18.7. The molecule has 0 saturated carbocycles. The molecule has 3 heteroatoms. The average molecular weight is 394 g/mol. The zero-order valence-electron chi connectivity index (χ0n) is 18.4. The molecule has 2 aromatic carbocycles. The van der Waals surface area contributed by atoms with Crippen molar-refractivity contribution in [1.29, 1.82) is 0 Å². The summed E-state index contributed by atoms with van der Waals surface area (Å²) in [6.45, 7) is 9.84. The van der Waals surface area contributed by atoms with E-state index in [1.165, 1.54) is 67.4 Å². The summed E-state index contributed by atoms with van der Waals surface area (Å²) in [5.41, 5.74) is 5.31. The van der Waals surface area contributed by atoms with Crippen LogP contribution in [0.4, 0.5) is 5.69 Å². The van der Waals surface area contributed by atoms with E-state index in [1.54, 1.807) is 0 Å². The van der Waals surface area contributed by atoms with E-state index < -0.39 is 0 Å². The molecule has 158 valence electrons. The molecule has 1 unspecified atom stereocenters. The molecule has 1 aliphatic heterocycles. The molecule has 2 N–H and O–H groups in total. The Bertz CT molecular complexity index is 693. The standard InChI is InChI=1S/C26H39N3/c1-3-5-17-27-19-22-13-15-25(16-14-22)28-20-23-9-11-24(12-10-23)21-29-18-7-6-8-26(29)4-2/h9-16,26-28H,3-8,17-21H2,1-2H3. The Morgan fingerprint density at radius 1 is 0.862 bits per heavy atom. The van der Waals surface area contributed by atoms with Crippen molar-refractivity contribution in [2.45, 2.75) is 78.0 Å². The number of hydrogen-bond acceptors (Lipinski definition) is 3. The third-order valence-electron chi connectivity index (χ3n) is 6.12. The first-order valence-electron chi connectivity index (χ1n) is 11.6. The van der Waals surface area contributed by atoms with Crippen LogP contribution in [0.15, 0.2) is 48.5 Å².